The molecule has 0 bridgehead atoms. The minimum Gasteiger partial charge on any atom is -0.492 e. The summed E-state index contributed by atoms with van der Waals surface area (Å²) in [5.41, 5.74) is 4.96. The van der Waals surface area contributed by atoms with Crippen LogP contribution in [0.15, 0.2) is 65.9 Å². The number of oxime groups is 1. The summed E-state index contributed by atoms with van der Waals surface area (Å²) >= 11 is 0. The highest BCUT2D eigenvalue weighted by molar-refractivity contribution is 6.02. The Balaban J connectivity index is 1.41. The first-order valence-corrected chi connectivity index (χ1v) is 11.2. The molecule has 6 nitrogen and oxygen atoms in total. The second-order valence-corrected chi connectivity index (χ2v) is 8.26. The van der Waals surface area contributed by atoms with Gasteiger partial charge in [-0.2, -0.15) is 0 Å². The second kappa shape index (κ2) is 10.3. The molecule has 1 N–H and O–H groups in total. The van der Waals surface area contributed by atoms with E-state index >= 15 is 0 Å². The van der Waals surface area contributed by atoms with E-state index in [4.69, 9.17) is 9.72 Å². The van der Waals surface area contributed by atoms with Crippen molar-refractivity contribution in [2.45, 2.75) is 38.5 Å². The van der Waals surface area contributed by atoms with Crippen LogP contribution in [-0.4, -0.2) is 41.1 Å². The number of benzene rings is 2. The van der Waals surface area contributed by atoms with Crippen LogP contribution >= 0.6 is 0 Å². The molecule has 3 aromatic rings. The lowest BCUT2D eigenvalue weighted by atomic mass is 9.82. The van der Waals surface area contributed by atoms with Gasteiger partial charge in [0.05, 0.1) is 18.0 Å². The fourth-order valence-electron chi connectivity index (χ4n) is 4.13. The van der Waals surface area contributed by atoms with Gasteiger partial charge in [0.15, 0.2) is 0 Å². The highest BCUT2D eigenvalue weighted by Gasteiger charge is 2.27. The van der Waals surface area contributed by atoms with E-state index < -0.39 is 0 Å². The minimum absolute atomic E-state index is 0.238. The standard InChI is InChI=1S/C26H30N4O2/c1-3-7-19-10-12-22(13-11-19)32-15-14-30(2)26-27-18-23-24(28-26)16-21(17-25(23)29-31)20-8-5-4-6-9-20/h4-6,8-13,18,21,31H,3,7,14-17H2,1-2H3/b29-25+. The maximum absolute atomic E-state index is 9.56. The fourth-order valence-corrected chi connectivity index (χ4v) is 4.13. The van der Waals surface area contributed by atoms with Crippen molar-refractivity contribution in [1.82, 2.24) is 9.97 Å². The molecule has 166 valence electrons. The molecular weight excluding hydrogens is 400 g/mol. The topological polar surface area (TPSA) is 70.8 Å². The zero-order valence-electron chi connectivity index (χ0n) is 18.7. The monoisotopic (exact) mass is 430 g/mol. The van der Waals surface area contributed by atoms with Gasteiger partial charge >= 0.3 is 0 Å². The van der Waals surface area contributed by atoms with Crippen molar-refractivity contribution in [2.24, 2.45) is 5.16 Å². The van der Waals surface area contributed by atoms with E-state index in [1.165, 1.54) is 11.1 Å². The Morgan fingerprint density at radius 2 is 1.88 bits per heavy atom. The van der Waals surface area contributed by atoms with Crippen LogP contribution in [-0.2, 0) is 12.8 Å². The Hall–Kier alpha value is -3.41. The SMILES string of the molecule is CCCc1ccc(OCCN(C)c2ncc3c(n2)CC(c2ccccc2)C/C3=N\O)cc1. The fraction of sp³-hybridized carbons (Fsp3) is 0.346. The molecule has 0 fully saturated rings. The molecule has 0 saturated heterocycles. The van der Waals surface area contributed by atoms with Gasteiger partial charge in [0.25, 0.3) is 0 Å². The molecule has 0 spiro atoms. The van der Waals surface area contributed by atoms with E-state index in [0.29, 0.717) is 31.2 Å². The van der Waals surface area contributed by atoms with Gasteiger partial charge in [0, 0.05) is 25.2 Å². The van der Waals surface area contributed by atoms with Crippen molar-refractivity contribution in [3.05, 3.63) is 83.2 Å². The van der Waals surface area contributed by atoms with E-state index in [-0.39, 0.29) is 5.92 Å². The summed E-state index contributed by atoms with van der Waals surface area (Å²) in [4.78, 5) is 11.3. The van der Waals surface area contributed by atoms with Crippen LogP contribution in [0, 0.1) is 0 Å². The van der Waals surface area contributed by atoms with E-state index in [1.54, 1.807) is 6.20 Å². The van der Waals surface area contributed by atoms with Crippen LogP contribution in [0.2, 0.25) is 0 Å². The zero-order chi connectivity index (χ0) is 22.3. The van der Waals surface area contributed by atoms with Crippen molar-refractivity contribution in [2.75, 3.05) is 25.1 Å². The molecule has 4 rings (SSSR count). The average Bonchev–Trinajstić information content (AvgIpc) is 2.84. The predicted molar refractivity (Wildman–Crippen MR) is 127 cm³/mol. The normalized spacial score (nSPS) is 16.6. The molecule has 0 radical (unpaired) electrons. The van der Waals surface area contributed by atoms with E-state index in [1.807, 2.05) is 42.3 Å². The van der Waals surface area contributed by atoms with Crippen molar-refractivity contribution < 1.29 is 9.94 Å². The number of rotatable bonds is 8. The predicted octanol–water partition coefficient (Wildman–Crippen LogP) is 4.85. The maximum Gasteiger partial charge on any atom is 0.225 e. The van der Waals surface area contributed by atoms with Crippen LogP contribution < -0.4 is 9.64 Å². The third-order valence-electron chi connectivity index (χ3n) is 5.94. The van der Waals surface area contributed by atoms with Gasteiger partial charge in [0.2, 0.25) is 5.95 Å². The molecule has 32 heavy (non-hydrogen) atoms. The van der Waals surface area contributed by atoms with Gasteiger partial charge < -0.3 is 14.8 Å². The average molecular weight is 431 g/mol. The Morgan fingerprint density at radius 1 is 1.09 bits per heavy atom. The van der Waals surface area contributed by atoms with E-state index in [2.05, 4.69) is 41.3 Å². The van der Waals surface area contributed by atoms with Gasteiger partial charge in [-0.3, -0.25) is 0 Å². The molecule has 1 aliphatic carbocycles. The van der Waals surface area contributed by atoms with Crippen LogP contribution in [0.1, 0.15) is 48.1 Å². The van der Waals surface area contributed by atoms with E-state index in [0.717, 1.165) is 36.3 Å². The van der Waals surface area contributed by atoms with Gasteiger partial charge in [-0.05, 0) is 42.0 Å². The summed E-state index contributed by atoms with van der Waals surface area (Å²) in [7, 11) is 1.97. The summed E-state index contributed by atoms with van der Waals surface area (Å²) in [5.74, 6) is 1.76. The van der Waals surface area contributed by atoms with Crippen molar-refractivity contribution in [1.29, 1.82) is 0 Å². The number of hydrogen-bond donors (Lipinski definition) is 1. The van der Waals surface area contributed by atoms with Crippen LogP contribution in [0.25, 0.3) is 0 Å². The highest BCUT2D eigenvalue weighted by atomic mass is 16.5. The molecule has 0 amide bonds. The number of ether oxygens (including phenoxy) is 1. The maximum atomic E-state index is 9.56. The number of anilines is 1. The molecule has 6 heteroatoms. The molecule has 1 aromatic heterocycles. The van der Waals surface area contributed by atoms with Crippen molar-refractivity contribution in [3.8, 4) is 5.75 Å². The molecule has 0 saturated carbocycles. The molecule has 1 aliphatic rings. The Kier molecular flexibility index (Phi) is 7.00. The number of aromatic nitrogens is 2. The van der Waals surface area contributed by atoms with Crippen molar-refractivity contribution >= 4 is 11.7 Å². The molecule has 0 aliphatic heterocycles. The minimum atomic E-state index is 0.238. The van der Waals surface area contributed by atoms with Gasteiger partial charge in [0.1, 0.15) is 12.4 Å². The molecule has 1 unspecified atom stereocenters. The summed E-state index contributed by atoms with van der Waals surface area (Å²) in [6.07, 6.45) is 5.48. The van der Waals surface area contributed by atoms with E-state index in [9.17, 15) is 5.21 Å². The first kappa shape index (κ1) is 21.8. The first-order chi connectivity index (χ1) is 15.7. The third-order valence-corrected chi connectivity index (χ3v) is 5.94. The molecule has 1 atom stereocenters. The second-order valence-electron chi connectivity index (χ2n) is 8.26. The summed E-state index contributed by atoms with van der Waals surface area (Å²) in [5, 5.41) is 13.1. The quantitative estimate of drug-likeness (QED) is 0.408. The molecule has 2 aromatic carbocycles. The lowest BCUT2D eigenvalue weighted by Crippen LogP contribution is -2.28. The Labute approximate surface area is 189 Å². The number of hydrogen-bond acceptors (Lipinski definition) is 6. The number of nitrogens with zero attached hydrogens (tertiary/aromatic N) is 4. The molecular formula is C26H30N4O2. The Bertz CT molecular complexity index is 1050. The van der Waals surface area contributed by atoms with Crippen molar-refractivity contribution in [3.63, 3.8) is 0 Å². The van der Waals surface area contributed by atoms with Crippen LogP contribution in [0.5, 0.6) is 5.75 Å². The number of aryl methyl sites for hydroxylation is 1. The zero-order valence-corrected chi connectivity index (χ0v) is 18.7. The number of fused-ring (bicyclic) bond motifs is 1. The van der Waals surface area contributed by atoms with Crippen LogP contribution in [0.4, 0.5) is 5.95 Å². The number of likely N-dealkylation sites (N-methyl/N-ethyl adjacent to an activating group) is 1. The molecule has 1 heterocycles. The van der Waals surface area contributed by atoms with Crippen LogP contribution in [0.3, 0.4) is 0 Å². The summed E-state index contributed by atoms with van der Waals surface area (Å²) in [6, 6.07) is 18.6. The summed E-state index contributed by atoms with van der Waals surface area (Å²) < 4.78 is 5.90. The van der Waals surface area contributed by atoms with Gasteiger partial charge in [-0.1, -0.05) is 61.0 Å². The largest absolute Gasteiger partial charge is 0.492 e. The summed E-state index contributed by atoms with van der Waals surface area (Å²) in [6.45, 7) is 3.39. The van der Waals surface area contributed by atoms with Gasteiger partial charge in [-0.15, -0.1) is 0 Å². The first-order valence-electron chi connectivity index (χ1n) is 11.2. The lowest BCUT2D eigenvalue weighted by molar-refractivity contribution is 0.316. The lowest BCUT2D eigenvalue weighted by Gasteiger charge is -2.26. The Morgan fingerprint density at radius 3 is 2.59 bits per heavy atom. The smallest absolute Gasteiger partial charge is 0.225 e. The van der Waals surface area contributed by atoms with Gasteiger partial charge in [-0.25, -0.2) is 9.97 Å². The highest BCUT2D eigenvalue weighted by Crippen LogP contribution is 2.32. The third kappa shape index (κ3) is 5.07.